The number of nitrogens with zero attached hydrogens (tertiary/aromatic N) is 7. The smallest absolute Gasteiger partial charge is 0.341 e. The van der Waals surface area contributed by atoms with E-state index in [4.69, 9.17) is 35.8 Å². The third kappa shape index (κ3) is 9.19. The Kier molecular flexibility index (Phi) is 12.3. The van der Waals surface area contributed by atoms with Crippen LogP contribution in [0.15, 0.2) is 90.5 Å². The van der Waals surface area contributed by atoms with Gasteiger partial charge in [0.15, 0.2) is 5.17 Å². The van der Waals surface area contributed by atoms with E-state index in [1.165, 1.54) is 32.9 Å². The maximum atomic E-state index is 12.1. The molecule has 0 aliphatic carbocycles. The number of thioether (sulfide) groups is 1. The molecule has 0 atom stereocenters. The summed E-state index contributed by atoms with van der Waals surface area (Å²) in [5.74, 6) is 1.49. The van der Waals surface area contributed by atoms with Crippen LogP contribution in [-0.2, 0) is 20.8 Å². The summed E-state index contributed by atoms with van der Waals surface area (Å²) in [5, 5.41) is 19.0. The van der Waals surface area contributed by atoms with E-state index < -0.39 is 5.97 Å². The molecule has 1 aliphatic heterocycles. The first kappa shape index (κ1) is 33.3. The molecular weight excluding hydrogens is 630 g/mol. The fraction of sp³-hybridized carbons (Fsp3) is 0.156. The number of rotatable bonds is 9. The van der Waals surface area contributed by atoms with Crippen molar-refractivity contribution in [2.45, 2.75) is 6.54 Å². The predicted octanol–water partition coefficient (Wildman–Crippen LogP) is 6.21. The highest BCUT2D eigenvalue weighted by Crippen LogP contribution is 2.32. The van der Waals surface area contributed by atoms with Crippen LogP contribution in [0.5, 0.6) is 23.3 Å². The highest BCUT2D eigenvalue weighted by molar-refractivity contribution is 8.14. The van der Waals surface area contributed by atoms with Crippen LogP contribution in [0.25, 0.3) is 5.57 Å². The maximum Gasteiger partial charge on any atom is 0.341 e. The molecule has 1 saturated heterocycles. The molecule has 46 heavy (non-hydrogen) atoms. The fourth-order valence-corrected chi connectivity index (χ4v) is 5.03. The standard InChI is InChI=1S/C22H17N3O5.C10H9ClN4S/c1-27-13-17(22(26)28-2)16-8-4-6-10-19(16)30-21-11-20(24-14-25-21)29-18-9-5-3-7-15(18)12-23;11-9-2-1-8(5-13-9)6-15-3-4-16-10(15)14-7-12/h3-11,13-14H,1-2H3;1-2,5H,3-4,6H2/b17-13+;14-10-. The van der Waals surface area contributed by atoms with Crippen molar-refractivity contribution in [2.24, 2.45) is 4.99 Å². The number of aromatic nitrogens is 3. The molecule has 0 saturated carbocycles. The summed E-state index contributed by atoms with van der Waals surface area (Å²) in [5.41, 5.74) is 2.08. The molecule has 2 aromatic heterocycles. The first-order chi connectivity index (χ1) is 22.4. The number of nitriles is 2. The predicted molar refractivity (Wildman–Crippen MR) is 172 cm³/mol. The van der Waals surface area contributed by atoms with Crippen LogP contribution >= 0.6 is 23.4 Å². The molecule has 5 rings (SSSR count). The Morgan fingerprint density at radius 3 is 2.41 bits per heavy atom. The van der Waals surface area contributed by atoms with Crippen LogP contribution in [0.3, 0.4) is 0 Å². The van der Waals surface area contributed by atoms with Gasteiger partial charge in [0.2, 0.25) is 18.0 Å². The first-order valence-corrected chi connectivity index (χ1v) is 14.8. The normalized spacial score (nSPS) is 13.1. The minimum Gasteiger partial charge on any atom is -0.503 e. The number of esters is 1. The second-order valence-corrected chi connectivity index (χ2v) is 10.5. The number of carbonyl (C=O) groups excluding carboxylic acids is 1. The molecule has 232 valence electrons. The Bertz CT molecular complexity index is 1810. The van der Waals surface area contributed by atoms with E-state index in [1.807, 2.05) is 12.3 Å². The molecule has 4 aromatic rings. The summed E-state index contributed by atoms with van der Waals surface area (Å²) < 4.78 is 21.4. The number of benzene rings is 2. The van der Waals surface area contributed by atoms with Crippen molar-refractivity contribution in [3.05, 3.63) is 107 Å². The molecule has 3 heterocycles. The zero-order valence-electron chi connectivity index (χ0n) is 24.7. The highest BCUT2D eigenvalue weighted by Gasteiger charge is 2.20. The number of ether oxygens (including phenoxy) is 4. The zero-order valence-corrected chi connectivity index (χ0v) is 26.2. The summed E-state index contributed by atoms with van der Waals surface area (Å²) in [6.45, 7) is 1.63. The number of amidine groups is 1. The lowest BCUT2D eigenvalue weighted by Crippen LogP contribution is -2.23. The monoisotopic (exact) mass is 655 g/mol. The van der Waals surface area contributed by atoms with E-state index in [-0.39, 0.29) is 17.3 Å². The van der Waals surface area contributed by atoms with Gasteiger partial charge in [-0.3, -0.25) is 0 Å². The summed E-state index contributed by atoms with van der Waals surface area (Å²) in [7, 11) is 2.71. The van der Waals surface area contributed by atoms with Crippen LogP contribution in [0.1, 0.15) is 16.7 Å². The van der Waals surface area contributed by atoms with Gasteiger partial charge in [0.25, 0.3) is 0 Å². The third-order valence-corrected chi connectivity index (χ3v) is 7.26. The van der Waals surface area contributed by atoms with Crippen molar-refractivity contribution in [3.8, 4) is 35.5 Å². The number of hydrogen-bond donors (Lipinski definition) is 0. The quantitative estimate of drug-likeness (QED) is 0.0661. The zero-order chi connectivity index (χ0) is 32.7. The second kappa shape index (κ2) is 17.0. The van der Waals surface area contributed by atoms with E-state index in [2.05, 4.69) is 30.9 Å². The van der Waals surface area contributed by atoms with Crippen molar-refractivity contribution in [2.75, 3.05) is 26.5 Å². The minimum absolute atomic E-state index is 0.184. The molecule has 0 bridgehead atoms. The Labute approximate surface area is 274 Å². The van der Waals surface area contributed by atoms with E-state index in [9.17, 15) is 10.1 Å². The first-order valence-electron chi connectivity index (χ1n) is 13.5. The third-order valence-electron chi connectivity index (χ3n) is 6.04. The van der Waals surface area contributed by atoms with Gasteiger partial charge in [-0.15, -0.1) is 4.99 Å². The molecule has 0 unspecified atom stereocenters. The van der Waals surface area contributed by atoms with Crippen LogP contribution < -0.4 is 9.47 Å². The van der Waals surface area contributed by atoms with E-state index in [0.29, 0.717) is 27.8 Å². The largest absolute Gasteiger partial charge is 0.503 e. The molecule has 2 aromatic carbocycles. The summed E-state index contributed by atoms with van der Waals surface area (Å²) in [6.07, 6.45) is 6.12. The molecule has 0 amide bonds. The van der Waals surface area contributed by atoms with Crippen LogP contribution in [-0.4, -0.2) is 57.5 Å². The number of hydrogen-bond acceptors (Lipinski definition) is 12. The number of methoxy groups -OCH3 is 2. The van der Waals surface area contributed by atoms with E-state index >= 15 is 0 Å². The van der Waals surface area contributed by atoms with Crippen LogP contribution in [0, 0.1) is 22.8 Å². The summed E-state index contributed by atoms with van der Waals surface area (Å²) >= 11 is 7.32. The number of aliphatic imine (C=N–C) groups is 1. The Hall–Kier alpha value is -5.63. The average molecular weight is 656 g/mol. The lowest BCUT2D eigenvalue weighted by molar-refractivity contribution is -0.133. The summed E-state index contributed by atoms with van der Waals surface area (Å²) in [4.78, 5) is 30.1. The number of carbonyl (C=O) groups is 1. The maximum absolute atomic E-state index is 12.1. The van der Waals surface area contributed by atoms with Crippen molar-refractivity contribution in [3.63, 3.8) is 0 Å². The summed E-state index contributed by atoms with van der Waals surface area (Å²) in [6, 6.07) is 20.9. The van der Waals surface area contributed by atoms with Gasteiger partial charge in [0.05, 0.1) is 32.1 Å². The van der Waals surface area contributed by atoms with E-state index in [1.54, 1.807) is 72.6 Å². The van der Waals surface area contributed by atoms with Gasteiger partial charge >= 0.3 is 5.97 Å². The van der Waals surface area contributed by atoms with Crippen molar-refractivity contribution in [1.82, 2.24) is 19.9 Å². The minimum atomic E-state index is -0.576. The Morgan fingerprint density at radius 2 is 1.74 bits per heavy atom. The van der Waals surface area contributed by atoms with Gasteiger partial charge in [-0.25, -0.2) is 19.7 Å². The molecule has 0 radical (unpaired) electrons. The van der Waals surface area contributed by atoms with Gasteiger partial charge in [0, 0.05) is 30.6 Å². The Balaban J connectivity index is 0.000000252. The van der Waals surface area contributed by atoms with Gasteiger partial charge < -0.3 is 23.8 Å². The van der Waals surface area contributed by atoms with Crippen LogP contribution in [0.4, 0.5) is 0 Å². The van der Waals surface area contributed by atoms with E-state index in [0.717, 1.165) is 29.6 Å². The molecular formula is C32H26ClN7O5S. The SMILES string of the molecule is CO/C=C(/C(=O)OC)c1ccccc1Oc1cc(Oc2ccccc2C#N)ncn1.N#C/N=C1\SCCN1Cc1ccc(Cl)nc1. The van der Waals surface area contributed by atoms with Gasteiger partial charge in [-0.05, 0) is 29.8 Å². The number of para-hydroxylation sites is 2. The molecule has 1 aliphatic rings. The molecule has 0 N–H and O–H groups in total. The van der Waals surface area contributed by atoms with Crippen LogP contribution in [0.2, 0.25) is 5.15 Å². The van der Waals surface area contributed by atoms with Crippen molar-refractivity contribution in [1.29, 1.82) is 10.5 Å². The molecule has 0 spiro atoms. The highest BCUT2D eigenvalue weighted by atomic mass is 35.5. The fourth-order valence-electron chi connectivity index (χ4n) is 3.98. The Morgan fingerprint density at radius 1 is 1.02 bits per heavy atom. The molecule has 12 nitrogen and oxygen atoms in total. The molecule has 1 fully saturated rings. The van der Waals surface area contributed by atoms with Crippen molar-refractivity contribution < 1.29 is 23.7 Å². The topological polar surface area (TPSA) is 156 Å². The van der Waals surface area contributed by atoms with Gasteiger partial charge in [-0.1, -0.05) is 59.8 Å². The number of halogens is 1. The molecule has 14 heteroatoms. The second-order valence-electron chi connectivity index (χ2n) is 9.02. The van der Waals surface area contributed by atoms with Gasteiger partial charge in [0.1, 0.15) is 34.6 Å². The lowest BCUT2D eigenvalue weighted by atomic mass is 10.1. The lowest BCUT2D eigenvalue weighted by Gasteiger charge is -2.16. The van der Waals surface area contributed by atoms with Gasteiger partial charge in [-0.2, -0.15) is 10.5 Å². The average Bonchev–Trinajstić information content (AvgIpc) is 3.52. The number of pyridine rings is 1. The van der Waals surface area contributed by atoms with Crippen molar-refractivity contribution >= 4 is 40.1 Å².